The summed E-state index contributed by atoms with van der Waals surface area (Å²) in [5, 5.41) is 15.0. The van der Waals surface area contributed by atoms with E-state index in [0.29, 0.717) is 28.0 Å². The van der Waals surface area contributed by atoms with Crippen molar-refractivity contribution in [3.63, 3.8) is 0 Å². The fourth-order valence-corrected chi connectivity index (χ4v) is 3.85. The summed E-state index contributed by atoms with van der Waals surface area (Å²) >= 11 is 1.28. The molecule has 2 amide bonds. The number of aromatic nitrogens is 3. The molecular weight excluding hydrogens is 426 g/mol. The molecule has 8 nitrogen and oxygen atoms in total. The number of thioether (sulfide) groups is 1. The van der Waals surface area contributed by atoms with Crippen molar-refractivity contribution in [3.05, 3.63) is 66.0 Å². The predicted molar refractivity (Wildman–Crippen MR) is 125 cm³/mol. The molecule has 0 spiro atoms. The van der Waals surface area contributed by atoms with Crippen LogP contribution in [-0.2, 0) is 11.8 Å². The number of hydrogen-bond donors (Lipinski definition) is 2. The van der Waals surface area contributed by atoms with Crippen LogP contribution in [-0.4, -0.2) is 39.4 Å². The van der Waals surface area contributed by atoms with Crippen molar-refractivity contribution in [2.24, 2.45) is 13.0 Å². The number of para-hydroxylation sites is 2. The topological polar surface area (TPSA) is 98.1 Å². The van der Waals surface area contributed by atoms with Gasteiger partial charge in [0.1, 0.15) is 5.75 Å². The molecule has 0 radical (unpaired) electrons. The van der Waals surface area contributed by atoms with E-state index in [1.54, 1.807) is 31.4 Å². The maximum Gasteiger partial charge on any atom is 0.251 e. The Balaban J connectivity index is 1.66. The van der Waals surface area contributed by atoms with Crippen molar-refractivity contribution in [1.82, 2.24) is 20.1 Å². The largest absolute Gasteiger partial charge is 0.495 e. The molecule has 168 valence electrons. The van der Waals surface area contributed by atoms with Crippen LogP contribution in [0.15, 0.2) is 59.8 Å². The standard InChI is InChI=1S/C23H27N5O3S/c1-15(2)20(25-22(30)16-10-6-5-7-11-16)21-26-27-23(28(21)3)32-14-19(29)24-17-12-8-9-13-18(17)31-4/h5-13,15,20H,14H2,1-4H3,(H,24,29)(H,25,30)/t20-/m0/s1. The molecule has 32 heavy (non-hydrogen) atoms. The zero-order valence-corrected chi connectivity index (χ0v) is 19.3. The Morgan fingerprint density at radius 3 is 2.44 bits per heavy atom. The molecule has 1 aromatic heterocycles. The van der Waals surface area contributed by atoms with E-state index in [0.717, 1.165) is 0 Å². The lowest BCUT2D eigenvalue weighted by Crippen LogP contribution is -2.33. The minimum Gasteiger partial charge on any atom is -0.495 e. The van der Waals surface area contributed by atoms with Gasteiger partial charge in [0.05, 0.1) is 24.6 Å². The van der Waals surface area contributed by atoms with Gasteiger partial charge in [0, 0.05) is 12.6 Å². The van der Waals surface area contributed by atoms with Gasteiger partial charge in [-0.1, -0.05) is 55.9 Å². The lowest BCUT2D eigenvalue weighted by atomic mass is 10.0. The maximum absolute atomic E-state index is 12.7. The van der Waals surface area contributed by atoms with E-state index in [4.69, 9.17) is 4.74 Å². The third-order valence-corrected chi connectivity index (χ3v) is 5.87. The Bertz CT molecular complexity index is 1070. The Morgan fingerprint density at radius 1 is 1.06 bits per heavy atom. The number of carbonyl (C=O) groups is 2. The molecule has 3 rings (SSSR count). The van der Waals surface area contributed by atoms with Gasteiger partial charge in [-0.2, -0.15) is 0 Å². The molecular formula is C23H27N5O3S. The van der Waals surface area contributed by atoms with Crippen molar-refractivity contribution >= 4 is 29.3 Å². The summed E-state index contributed by atoms with van der Waals surface area (Å²) in [6.07, 6.45) is 0. The number of amides is 2. The Labute approximate surface area is 191 Å². The highest BCUT2D eigenvalue weighted by molar-refractivity contribution is 7.99. The summed E-state index contributed by atoms with van der Waals surface area (Å²) in [6, 6.07) is 16.0. The monoisotopic (exact) mass is 453 g/mol. The Morgan fingerprint density at radius 2 is 1.75 bits per heavy atom. The molecule has 3 aromatic rings. The molecule has 0 unspecified atom stereocenters. The Hall–Kier alpha value is -3.33. The van der Waals surface area contributed by atoms with Crippen LogP contribution in [0.1, 0.15) is 36.1 Å². The second kappa shape index (κ2) is 10.8. The lowest BCUT2D eigenvalue weighted by molar-refractivity contribution is -0.113. The predicted octanol–water partition coefficient (Wildman–Crippen LogP) is 3.68. The van der Waals surface area contributed by atoms with Crippen molar-refractivity contribution in [2.45, 2.75) is 25.0 Å². The van der Waals surface area contributed by atoms with Gasteiger partial charge in [-0.25, -0.2) is 0 Å². The van der Waals surface area contributed by atoms with Gasteiger partial charge in [-0.05, 0) is 30.2 Å². The smallest absolute Gasteiger partial charge is 0.251 e. The van der Waals surface area contributed by atoms with Gasteiger partial charge in [0.2, 0.25) is 5.91 Å². The van der Waals surface area contributed by atoms with Crippen LogP contribution in [0, 0.1) is 5.92 Å². The average molecular weight is 454 g/mol. The van der Waals surface area contributed by atoms with Gasteiger partial charge < -0.3 is 19.9 Å². The number of nitrogens with zero attached hydrogens (tertiary/aromatic N) is 3. The maximum atomic E-state index is 12.7. The van der Waals surface area contributed by atoms with E-state index in [1.165, 1.54) is 11.8 Å². The van der Waals surface area contributed by atoms with Crippen LogP contribution in [0.4, 0.5) is 5.69 Å². The fourth-order valence-electron chi connectivity index (χ4n) is 3.13. The average Bonchev–Trinajstić information content (AvgIpc) is 3.16. The highest BCUT2D eigenvalue weighted by Gasteiger charge is 2.25. The highest BCUT2D eigenvalue weighted by Crippen LogP contribution is 2.26. The summed E-state index contributed by atoms with van der Waals surface area (Å²) < 4.78 is 7.08. The van der Waals surface area contributed by atoms with Gasteiger partial charge in [0.25, 0.3) is 5.91 Å². The zero-order valence-electron chi connectivity index (χ0n) is 18.5. The molecule has 0 aliphatic carbocycles. The molecule has 0 bridgehead atoms. The number of methoxy groups -OCH3 is 1. The number of benzene rings is 2. The van der Waals surface area contributed by atoms with Gasteiger partial charge in [-0.15, -0.1) is 10.2 Å². The van der Waals surface area contributed by atoms with E-state index < -0.39 is 0 Å². The molecule has 2 aromatic carbocycles. The molecule has 0 aliphatic heterocycles. The minimum atomic E-state index is -0.322. The lowest BCUT2D eigenvalue weighted by Gasteiger charge is -2.21. The molecule has 9 heteroatoms. The first-order chi connectivity index (χ1) is 15.4. The molecule has 1 atom stereocenters. The second-order valence-electron chi connectivity index (χ2n) is 7.50. The van der Waals surface area contributed by atoms with Gasteiger partial charge in [0.15, 0.2) is 11.0 Å². The number of anilines is 1. The van der Waals surface area contributed by atoms with Crippen molar-refractivity contribution in [1.29, 1.82) is 0 Å². The van der Waals surface area contributed by atoms with E-state index in [1.807, 2.05) is 55.8 Å². The summed E-state index contributed by atoms with van der Waals surface area (Å²) in [5.41, 5.74) is 1.20. The zero-order chi connectivity index (χ0) is 23.1. The molecule has 2 N–H and O–H groups in total. The van der Waals surface area contributed by atoms with Crippen LogP contribution in [0.2, 0.25) is 0 Å². The van der Waals surface area contributed by atoms with Crippen LogP contribution in [0.25, 0.3) is 0 Å². The first-order valence-corrected chi connectivity index (χ1v) is 11.2. The first kappa shape index (κ1) is 23.3. The van der Waals surface area contributed by atoms with Crippen molar-refractivity contribution in [3.8, 4) is 5.75 Å². The van der Waals surface area contributed by atoms with E-state index in [2.05, 4.69) is 20.8 Å². The first-order valence-electron chi connectivity index (χ1n) is 10.2. The summed E-state index contributed by atoms with van der Waals surface area (Å²) in [5.74, 6) is 1.14. The molecule has 0 aliphatic rings. The second-order valence-corrected chi connectivity index (χ2v) is 8.44. The summed E-state index contributed by atoms with van der Waals surface area (Å²) in [4.78, 5) is 25.1. The van der Waals surface area contributed by atoms with Crippen molar-refractivity contribution < 1.29 is 14.3 Å². The number of carbonyl (C=O) groups excluding carboxylic acids is 2. The summed E-state index contributed by atoms with van der Waals surface area (Å²) in [7, 11) is 3.39. The van der Waals surface area contributed by atoms with E-state index in [-0.39, 0.29) is 29.5 Å². The van der Waals surface area contributed by atoms with Crippen LogP contribution in [0.5, 0.6) is 5.75 Å². The number of nitrogens with one attached hydrogen (secondary N) is 2. The van der Waals surface area contributed by atoms with E-state index in [9.17, 15) is 9.59 Å². The van der Waals surface area contributed by atoms with Crippen LogP contribution < -0.4 is 15.4 Å². The SMILES string of the molecule is COc1ccccc1NC(=O)CSc1nnc([C@@H](NC(=O)c2ccccc2)C(C)C)n1C. The van der Waals surface area contributed by atoms with Gasteiger partial charge in [-0.3, -0.25) is 9.59 Å². The van der Waals surface area contributed by atoms with Crippen LogP contribution in [0.3, 0.4) is 0 Å². The van der Waals surface area contributed by atoms with Crippen LogP contribution >= 0.6 is 11.8 Å². The minimum absolute atomic E-state index is 0.0947. The fraction of sp³-hybridized carbons (Fsp3) is 0.304. The Kier molecular flexibility index (Phi) is 7.88. The third-order valence-electron chi connectivity index (χ3n) is 4.85. The van der Waals surface area contributed by atoms with Crippen molar-refractivity contribution in [2.75, 3.05) is 18.2 Å². The molecule has 0 saturated carbocycles. The summed E-state index contributed by atoms with van der Waals surface area (Å²) in [6.45, 7) is 4.02. The molecule has 0 fully saturated rings. The normalized spacial score (nSPS) is 11.8. The number of ether oxygens (including phenoxy) is 1. The quantitative estimate of drug-likeness (QED) is 0.480. The van der Waals surface area contributed by atoms with E-state index >= 15 is 0 Å². The number of hydrogen-bond acceptors (Lipinski definition) is 6. The number of rotatable bonds is 9. The third kappa shape index (κ3) is 5.67. The molecule has 0 saturated heterocycles. The van der Waals surface area contributed by atoms with Gasteiger partial charge >= 0.3 is 0 Å². The highest BCUT2D eigenvalue weighted by atomic mass is 32.2. The molecule has 1 heterocycles.